The lowest BCUT2D eigenvalue weighted by Gasteiger charge is -2.21. The van der Waals surface area contributed by atoms with Crippen LogP contribution in [-0.4, -0.2) is 71.1 Å². The van der Waals surface area contributed by atoms with Gasteiger partial charge in [-0.3, -0.25) is 4.79 Å². The van der Waals surface area contributed by atoms with Gasteiger partial charge in [0.05, 0.1) is 38.6 Å². The molecule has 0 rings (SSSR count). The number of hydrogen-bond acceptors (Lipinski definition) is 6. The van der Waals surface area contributed by atoms with Gasteiger partial charge in [0.25, 0.3) is 0 Å². The summed E-state index contributed by atoms with van der Waals surface area (Å²) in [6.45, 7) is 4.36. The Kier molecular flexibility index (Phi) is 9.74. The van der Waals surface area contributed by atoms with E-state index < -0.39 is 16.0 Å². The number of carbonyl (C=O) groups excluding carboxylic acids is 1. The molecule has 0 bridgehead atoms. The van der Waals surface area contributed by atoms with Crippen LogP contribution in [0.4, 0.5) is 0 Å². The Bertz CT molecular complexity index is 368. The summed E-state index contributed by atoms with van der Waals surface area (Å²) < 4.78 is 40.2. The normalized spacial score (nSPS) is 12.1. The average Bonchev–Trinajstić information content (AvgIpc) is 2.37. The third kappa shape index (κ3) is 8.47. The second-order valence-electron chi connectivity index (χ2n) is 4.45. The van der Waals surface area contributed by atoms with Gasteiger partial charge in [0, 0.05) is 20.2 Å². The molecule has 0 atom stereocenters. The first-order valence-electron chi connectivity index (χ1n) is 6.48. The van der Waals surface area contributed by atoms with Crippen molar-refractivity contribution in [3.8, 4) is 0 Å². The first-order valence-corrected chi connectivity index (χ1v) is 8.09. The quantitative estimate of drug-likeness (QED) is 0.509. The molecule has 0 aromatic carbocycles. The van der Waals surface area contributed by atoms with Crippen LogP contribution in [0.1, 0.15) is 20.3 Å². The summed E-state index contributed by atoms with van der Waals surface area (Å²) in [7, 11) is -0.710. The molecular formula is C12H25NO6S. The first-order chi connectivity index (χ1) is 9.33. The van der Waals surface area contributed by atoms with Gasteiger partial charge in [-0.25, -0.2) is 8.42 Å². The Labute approximate surface area is 121 Å². The molecule has 0 spiro atoms. The van der Waals surface area contributed by atoms with E-state index in [4.69, 9.17) is 9.47 Å². The number of methoxy groups -OCH3 is 2. The SMILES string of the molecule is COCCN(CCC(=O)OC)S(=O)(=O)CCOC(C)C. The number of hydrogen-bond donors (Lipinski definition) is 0. The van der Waals surface area contributed by atoms with Gasteiger partial charge in [0.2, 0.25) is 10.0 Å². The number of rotatable bonds is 11. The standard InChI is InChI=1S/C12H25NO6S/c1-11(2)19-9-10-20(15,16)13(7-8-17-3)6-5-12(14)18-4/h11H,5-10H2,1-4H3. The maximum atomic E-state index is 12.2. The third-order valence-electron chi connectivity index (χ3n) is 2.52. The van der Waals surface area contributed by atoms with E-state index in [0.29, 0.717) is 0 Å². The largest absolute Gasteiger partial charge is 0.469 e. The molecule has 7 nitrogen and oxygen atoms in total. The highest BCUT2D eigenvalue weighted by Gasteiger charge is 2.22. The lowest BCUT2D eigenvalue weighted by atomic mass is 10.4. The Morgan fingerprint density at radius 3 is 2.30 bits per heavy atom. The molecule has 0 fully saturated rings. The van der Waals surface area contributed by atoms with Crippen molar-refractivity contribution in [2.75, 3.05) is 46.3 Å². The van der Waals surface area contributed by atoms with Crippen molar-refractivity contribution >= 4 is 16.0 Å². The molecular weight excluding hydrogens is 286 g/mol. The zero-order valence-electron chi connectivity index (χ0n) is 12.6. The Hall–Kier alpha value is -0.700. The van der Waals surface area contributed by atoms with Gasteiger partial charge in [-0.15, -0.1) is 0 Å². The van der Waals surface area contributed by atoms with Crippen LogP contribution in [0, 0.1) is 0 Å². The number of ether oxygens (including phenoxy) is 3. The highest BCUT2D eigenvalue weighted by atomic mass is 32.2. The summed E-state index contributed by atoms with van der Waals surface area (Å²) in [5.41, 5.74) is 0. The molecule has 0 aliphatic rings. The zero-order valence-corrected chi connectivity index (χ0v) is 13.4. The molecule has 0 saturated heterocycles. The fourth-order valence-electron chi connectivity index (χ4n) is 1.42. The topological polar surface area (TPSA) is 82.1 Å². The summed E-state index contributed by atoms with van der Waals surface area (Å²) in [6, 6.07) is 0. The van der Waals surface area contributed by atoms with Gasteiger partial charge >= 0.3 is 5.97 Å². The average molecular weight is 311 g/mol. The number of nitrogens with zero attached hydrogens (tertiary/aromatic N) is 1. The summed E-state index contributed by atoms with van der Waals surface area (Å²) in [5, 5.41) is 0. The van der Waals surface area contributed by atoms with E-state index in [0.717, 1.165) is 0 Å². The van der Waals surface area contributed by atoms with Gasteiger partial charge in [-0.2, -0.15) is 4.31 Å². The predicted molar refractivity (Wildman–Crippen MR) is 75.0 cm³/mol. The fourth-order valence-corrected chi connectivity index (χ4v) is 2.71. The van der Waals surface area contributed by atoms with Crippen molar-refractivity contribution in [1.29, 1.82) is 0 Å². The minimum atomic E-state index is -3.47. The van der Waals surface area contributed by atoms with E-state index in [1.807, 2.05) is 13.8 Å². The van der Waals surface area contributed by atoms with E-state index in [2.05, 4.69) is 4.74 Å². The summed E-state index contributed by atoms with van der Waals surface area (Å²) in [4.78, 5) is 11.1. The molecule has 8 heteroatoms. The molecule has 0 aromatic heterocycles. The summed E-state index contributed by atoms with van der Waals surface area (Å²) >= 11 is 0. The van der Waals surface area contributed by atoms with E-state index in [1.54, 1.807) is 0 Å². The molecule has 0 aromatic rings. The molecule has 0 saturated carbocycles. The monoisotopic (exact) mass is 311 g/mol. The van der Waals surface area contributed by atoms with E-state index in [9.17, 15) is 13.2 Å². The molecule has 0 radical (unpaired) electrons. The molecule has 20 heavy (non-hydrogen) atoms. The van der Waals surface area contributed by atoms with Crippen molar-refractivity contribution in [3.63, 3.8) is 0 Å². The molecule has 0 amide bonds. The van der Waals surface area contributed by atoms with Crippen molar-refractivity contribution in [2.45, 2.75) is 26.4 Å². The van der Waals surface area contributed by atoms with E-state index in [1.165, 1.54) is 18.5 Å². The van der Waals surface area contributed by atoms with Crippen LogP contribution in [0.2, 0.25) is 0 Å². The van der Waals surface area contributed by atoms with Gasteiger partial charge in [0.15, 0.2) is 0 Å². The van der Waals surface area contributed by atoms with Gasteiger partial charge in [0.1, 0.15) is 0 Å². The second-order valence-corrected chi connectivity index (χ2v) is 6.54. The molecule has 0 aliphatic heterocycles. The van der Waals surface area contributed by atoms with Crippen molar-refractivity contribution in [2.24, 2.45) is 0 Å². The van der Waals surface area contributed by atoms with Crippen LogP contribution < -0.4 is 0 Å². The molecule has 0 heterocycles. The van der Waals surface area contributed by atoms with Gasteiger partial charge in [-0.05, 0) is 13.8 Å². The number of sulfonamides is 1. The lowest BCUT2D eigenvalue weighted by molar-refractivity contribution is -0.140. The number of carbonyl (C=O) groups is 1. The molecule has 0 unspecified atom stereocenters. The maximum absolute atomic E-state index is 12.2. The molecule has 120 valence electrons. The minimum absolute atomic E-state index is 0.0183. The molecule has 0 aliphatic carbocycles. The minimum Gasteiger partial charge on any atom is -0.469 e. The number of esters is 1. The van der Waals surface area contributed by atoms with E-state index in [-0.39, 0.29) is 44.6 Å². The van der Waals surface area contributed by atoms with Crippen molar-refractivity contribution in [1.82, 2.24) is 4.31 Å². The second kappa shape index (κ2) is 10.1. The lowest BCUT2D eigenvalue weighted by Crippen LogP contribution is -2.38. The smallest absolute Gasteiger partial charge is 0.306 e. The van der Waals surface area contributed by atoms with Crippen LogP contribution in [0.5, 0.6) is 0 Å². The van der Waals surface area contributed by atoms with E-state index >= 15 is 0 Å². The predicted octanol–water partition coefficient (Wildman–Crippen LogP) is 0.253. The van der Waals surface area contributed by atoms with Crippen LogP contribution in [0.15, 0.2) is 0 Å². The van der Waals surface area contributed by atoms with Gasteiger partial charge in [-0.1, -0.05) is 0 Å². The van der Waals surface area contributed by atoms with Crippen LogP contribution >= 0.6 is 0 Å². The third-order valence-corrected chi connectivity index (χ3v) is 4.36. The van der Waals surface area contributed by atoms with Crippen molar-refractivity contribution < 1.29 is 27.4 Å². The van der Waals surface area contributed by atoms with Crippen LogP contribution in [0.25, 0.3) is 0 Å². The summed E-state index contributed by atoms with van der Waals surface area (Å²) in [6.07, 6.45) is -0.00232. The molecule has 0 N–H and O–H groups in total. The van der Waals surface area contributed by atoms with Gasteiger partial charge < -0.3 is 14.2 Å². The maximum Gasteiger partial charge on any atom is 0.306 e. The Morgan fingerprint density at radius 2 is 1.80 bits per heavy atom. The van der Waals surface area contributed by atoms with Crippen LogP contribution in [-0.2, 0) is 29.0 Å². The first kappa shape index (κ1) is 19.3. The highest BCUT2D eigenvalue weighted by Crippen LogP contribution is 2.05. The van der Waals surface area contributed by atoms with Crippen LogP contribution in [0.3, 0.4) is 0 Å². The summed E-state index contributed by atoms with van der Waals surface area (Å²) in [5.74, 6) is -0.558. The zero-order chi connectivity index (χ0) is 15.6. The fraction of sp³-hybridized carbons (Fsp3) is 0.917. The Balaban J connectivity index is 4.51. The van der Waals surface area contributed by atoms with Crippen molar-refractivity contribution in [3.05, 3.63) is 0 Å². The highest BCUT2D eigenvalue weighted by molar-refractivity contribution is 7.89. The Morgan fingerprint density at radius 1 is 1.15 bits per heavy atom.